The molecular weight excluding hydrogens is 404 g/mol. The number of aliphatic imine (C=N–C) groups is 1. The lowest BCUT2D eigenvalue weighted by Crippen LogP contribution is -2.38. The summed E-state index contributed by atoms with van der Waals surface area (Å²) in [5.74, 6) is 1.19. The Labute approximate surface area is 157 Å². The summed E-state index contributed by atoms with van der Waals surface area (Å²) in [6, 6.07) is 11.7. The Morgan fingerprint density at radius 1 is 1.20 bits per heavy atom. The third-order valence-corrected chi connectivity index (χ3v) is 5.44. The van der Waals surface area contributed by atoms with Crippen molar-refractivity contribution >= 4 is 44.8 Å². The molecule has 0 spiro atoms. The predicted molar refractivity (Wildman–Crippen MR) is 102 cm³/mol. The summed E-state index contributed by atoms with van der Waals surface area (Å²) in [6.45, 7) is 2.86. The van der Waals surface area contributed by atoms with E-state index in [0.717, 1.165) is 34.1 Å². The first-order valence-electron chi connectivity index (χ1n) is 7.90. The zero-order valence-corrected chi connectivity index (χ0v) is 15.7. The Morgan fingerprint density at radius 2 is 2.04 bits per heavy atom. The third-order valence-electron chi connectivity index (χ3n) is 3.90. The number of morpholine rings is 1. The van der Waals surface area contributed by atoms with Crippen LogP contribution in [0.15, 0.2) is 55.2 Å². The van der Waals surface area contributed by atoms with Crippen LogP contribution in [0.5, 0.6) is 0 Å². The average molecular weight is 419 g/mol. The lowest BCUT2D eigenvalue weighted by molar-refractivity contribution is -0.113. The number of nitrogens with zero attached hydrogens (tertiary/aromatic N) is 2. The topological polar surface area (TPSA) is 55.0 Å². The van der Waals surface area contributed by atoms with Gasteiger partial charge >= 0.3 is 0 Å². The number of halogens is 1. The second-order valence-corrected chi connectivity index (χ2v) is 7.55. The van der Waals surface area contributed by atoms with Gasteiger partial charge in [0.2, 0.25) is 0 Å². The molecular formula is C18H15BrN2O3S. The molecule has 2 aliphatic rings. The molecule has 3 heterocycles. The van der Waals surface area contributed by atoms with Crippen LogP contribution in [0.25, 0.3) is 17.4 Å². The van der Waals surface area contributed by atoms with E-state index in [2.05, 4.69) is 25.8 Å². The molecule has 25 heavy (non-hydrogen) atoms. The maximum atomic E-state index is 12.2. The lowest BCUT2D eigenvalue weighted by Gasteiger charge is -2.27. The fourth-order valence-corrected chi connectivity index (χ4v) is 3.99. The van der Waals surface area contributed by atoms with E-state index in [1.165, 1.54) is 11.8 Å². The molecule has 5 nitrogen and oxygen atoms in total. The Kier molecular flexibility index (Phi) is 4.78. The van der Waals surface area contributed by atoms with Gasteiger partial charge in [-0.3, -0.25) is 4.79 Å². The molecule has 0 radical (unpaired) electrons. The highest BCUT2D eigenvalue weighted by Crippen LogP contribution is 2.32. The van der Waals surface area contributed by atoms with Crippen LogP contribution in [0.4, 0.5) is 0 Å². The summed E-state index contributed by atoms with van der Waals surface area (Å²) < 4.78 is 12.2. The van der Waals surface area contributed by atoms with E-state index in [1.54, 1.807) is 6.08 Å². The quantitative estimate of drug-likeness (QED) is 0.689. The minimum atomic E-state index is -0.216. The van der Waals surface area contributed by atoms with E-state index in [-0.39, 0.29) is 5.91 Å². The molecule has 1 saturated heterocycles. The molecule has 1 aromatic heterocycles. The van der Waals surface area contributed by atoms with Crippen LogP contribution < -0.4 is 0 Å². The molecule has 7 heteroatoms. The number of carbonyl (C=O) groups excluding carboxylic acids is 1. The number of carbonyl (C=O) groups is 1. The zero-order chi connectivity index (χ0) is 17.2. The predicted octanol–water partition coefficient (Wildman–Crippen LogP) is 4.01. The van der Waals surface area contributed by atoms with Crippen LogP contribution in [0.3, 0.4) is 0 Å². The lowest BCUT2D eigenvalue weighted by atomic mass is 10.2. The molecule has 4 rings (SSSR count). The number of thioether (sulfide) groups is 1. The van der Waals surface area contributed by atoms with Gasteiger partial charge in [-0.05, 0) is 36.0 Å². The Hall–Kier alpha value is -1.83. The van der Waals surface area contributed by atoms with Crippen LogP contribution in [-0.2, 0) is 9.53 Å². The molecule has 128 valence electrons. The number of benzene rings is 1. The maximum Gasteiger partial charge on any atom is 0.286 e. The van der Waals surface area contributed by atoms with Gasteiger partial charge in [-0.25, -0.2) is 0 Å². The van der Waals surface area contributed by atoms with Crippen LogP contribution >= 0.6 is 27.7 Å². The molecule has 0 bridgehead atoms. The van der Waals surface area contributed by atoms with E-state index >= 15 is 0 Å². The standard InChI is InChI=1S/C18H15BrN2O3S/c19-13-3-1-2-12(10-13)15-5-4-14(24-15)11-16-17(22)20-18(25-16)21-6-8-23-9-7-21/h1-5,10-11H,6-9H2. The molecule has 1 amide bonds. The molecule has 1 fully saturated rings. The summed E-state index contributed by atoms with van der Waals surface area (Å²) in [6.07, 6.45) is 1.76. The number of hydrogen-bond donors (Lipinski definition) is 0. The van der Waals surface area contributed by atoms with E-state index in [9.17, 15) is 4.79 Å². The highest BCUT2D eigenvalue weighted by molar-refractivity contribution is 9.10. The highest BCUT2D eigenvalue weighted by atomic mass is 79.9. The number of amides is 1. The van der Waals surface area contributed by atoms with Crippen molar-refractivity contribution in [3.63, 3.8) is 0 Å². The molecule has 0 aliphatic carbocycles. The van der Waals surface area contributed by atoms with Gasteiger partial charge in [0.1, 0.15) is 11.5 Å². The van der Waals surface area contributed by atoms with Crippen LogP contribution in [0.1, 0.15) is 5.76 Å². The Balaban J connectivity index is 1.51. The first-order chi connectivity index (χ1) is 12.2. The number of rotatable bonds is 2. The molecule has 1 aromatic carbocycles. The summed E-state index contributed by atoms with van der Waals surface area (Å²) in [4.78, 5) is 19.0. The first-order valence-corrected chi connectivity index (χ1v) is 9.51. The first kappa shape index (κ1) is 16.6. The van der Waals surface area contributed by atoms with Gasteiger partial charge in [-0.15, -0.1) is 0 Å². The Bertz CT molecular complexity index is 869. The third kappa shape index (κ3) is 3.73. The van der Waals surface area contributed by atoms with Crippen molar-refractivity contribution < 1.29 is 13.9 Å². The van der Waals surface area contributed by atoms with Crippen molar-refractivity contribution in [3.8, 4) is 11.3 Å². The molecule has 0 saturated carbocycles. The molecule has 0 N–H and O–H groups in total. The number of furan rings is 1. The zero-order valence-electron chi connectivity index (χ0n) is 13.3. The van der Waals surface area contributed by atoms with Gasteiger partial charge in [-0.2, -0.15) is 4.99 Å². The van der Waals surface area contributed by atoms with Crippen molar-refractivity contribution in [2.24, 2.45) is 4.99 Å². The smallest absolute Gasteiger partial charge is 0.286 e. The minimum absolute atomic E-state index is 0.216. The van der Waals surface area contributed by atoms with Crippen molar-refractivity contribution in [1.29, 1.82) is 0 Å². The SMILES string of the molecule is O=C1N=C(N2CCOCC2)SC1=Cc1ccc(-c2cccc(Br)c2)o1. The van der Waals surface area contributed by atoms with Crippen molar-refractivity contribution in [2.75, 3.05) is 26.3 Å². The summed E-state index contributed by atoms with van der Waals surface area (Å²) in [5, 5.41) is 0.748. The maximum absolute atomic E-state index is 12.2. The van der Waals surface area contributed by atoms with Gasteiger partial charge < -0.3 is 14.1 Å². The van der Waals surface area contributed by atoms with Crippen molar-refractivity contribution in [2.45, 2.75) is 0 Å². The largest absolute Gasteiger partial charge is 0.457 e. The molecule has 0 unspecified atom stereocenters. The van der Waals surface area contributed by atoms with Gasteiger partial charge in [0.05, 0.1) is 18.1 Å². The van der Waals surface area contributed by atoms with Crippen molar-refractivity contribution in [1.82, 2.24) is 4.90 Å². The Morgan fingerprint density at radius 3 is 2.84 bits per heavy atom. The minimum Gasteiger partial charge on any atom is -0.457 e. The van der Waals surface area contributed by atoms with Crippen LogP contribution in [-0.4, -0.2) is 42.3 Å². The van der Waals surface area contributed by atoms with E-state index in [0.29, 0.717) is 23.9 Å². The fraction of sp³-hybridized carbons (Fsp3) is 0.222. The second kappa shape index (κ2) is 7.19. The highest BCUT2D eigenvalue weighted by Gasteiger charge is 2.27. The average Bonchev–Trinajstić information content (AvgIpc) is 3.24. The monoisotopic (exact) mass is 418 g/mol. The van der Waals surface area contributed by atoms with Crippen LogP contribution in [0, 0.1) is 0 Å². The number of ether oxygens (including phenoxy) is 1. The molecule has 0 atom stereocenters. The summed E-state index contributed by atoms with van der Waals surface area (Å²) >= 11 is 4.85. The summed E-state index contributed by atoms with van der Waals surface area (Å²) in [5.41, 5.74) is 0.981. The van der Waals surface area contributed by atoms with Gasteiger partial charge in [0.15, 0.2) is 5.17 Å². The summed E-state index contributed by atoms with van der Waals surface area (Å²) in [7, 11) is 0. The van der Waals surface area contributed by atoms with E-state index in [4.69, 9.17) is 9.15 Å². The van der Waals surface area contributed by atoms with Gasteiger partial charge in [0, 0.05) is 29.2 Å². The van der Waals surface area contributed by atoms with E-state index < -0.39 is 0 Å². The normalized spacial score (nSPS) is 19.6. The van der Waals surface area contributed by atoms with Gasteiger partial charge in [-0.1, -0.05) is 28.1 Å². The molecule has 2 aliphatic heterocycles. The molecule has 2 aromatic rings. The van der Waals surface area contributed by atoms with E-state index in [1.807, 2.05) is 36.4 Å². The second-order valence-electron chi connectivity index (χ2n) is 5.62. The number of amidine groups is 1. The van der Waals surface area contributed by atoms with Crippen molar-refractivity contribution in [3.05, 3.63) is 51.5 Å². The van der Waals surface area contributed by atoms with Gasteiger partial charge in [0.25, 0.3) is 5.91 Å². The van der Waals surface area contributed by atoms with Crippen LogP contribution in [0.2, 0.25) is 0 Å². The fourth-order valence-electron chi connectivity index (χ4n) is 2.64. The number of hydrogen-bond acceptors (Lipinski definition) is 5.